The van der Waals surface area contributed by atoms with E-state index in [-0.39, 0.29) is 0 Å². The molecule has 92 valence electrons. The second-order valence-electron chi connectivity index (χ2n) is 6.06. The molecule has 0 saturated heterocycles. The summed E-state index contributed by atoms with van der Waals surface area (Å²) in [5.41, 5.74) is 1.52. The largest absolute Gasteiger partial charge is 0.472 e. The minimum absolute atomic E-state index is 0.300. The number of nitrogens with one attached hydrogen (secondary N) is 1. The van der Waals surface area contributed by atoms with E-state index in [9.17, 15) is 0 Å². The molecule has 1 aromatic heterocycles. The summed E-state index contributed by atoms with van der Waals surface area (Å²) in [4.78, 5) is 0. The van der Waals surface area contributed by atoms with E-state index in [1.54, 1.807) is 6.26 Å². The SMILES string of the molecule is CC(C)CC(NCc1ccoc1)C(C)(C)C. The number of furan rings is 1. The highest BCUT2D eigenvalue weighted by atomic mass is 16.3. The van der Waals surface area contributed by atoms with Gasteiger partial charge in [-0.25, -0.2) is 0 Å². The molecule has 0 spiro atoms. The lowest BCUT2D eigenvalue weighted by Gasteiger charge is -2.33. The van der Waals surface area contributed by atoms with Crippen LogP contribution in [0.25, 0.3) is 0 Å². The molecular formula is C14H25NO. The molecule has 1 heterocycles. The van der Waals surface area contributed by atoms with Gasteiger partial charge in [-0.1, -0.05) is 34.6 Å². The van der Waals surface area contributed by atoms with Crippen molar-refractivity contribution in [2.45, 2.75) is 53.6 Å². The van der Waals surface area contributed by atoms with Gasteiger partial charge in [0.25, 0.3) is 0 Å². The van der Waals surface area contributed by atoms with E-state index in [1.807, 2.05) is 12.3 Å². The van der Waals surface area contributed by atoms with E-state index >= 15 is 0 Å². The van der Waals surface area contributed by atoms with Crippen LogP contribution in [0.5, 0.6) is 0 Å². The molecule has 0 aliphatic carbocycles. The molecule has 1 rings (SSSR count). The molecule has 1 unspecified atom stereocenters. The van der Waals surface area contributed by atoms with Crippen molar-refractivity contribution in [2.24, 2.45) is 11.3 Å². The average molecular weight is 223 g/mol. The fourth-order valence-corrected chi connectivity index (χ4v) is 1.85. The van der Waals surface area contributed by atoms with Gasteiger partial charge in [0, 0.05) is 18.2 Å². The topological polar surface area (TPSA) is 25.2 Å². The summed E-state index contributed by atoms with van der Waals surface area (Å²) in [6.07, 6.45) is 4.75. The van der Waals surface area contributed by atoms with E-state index in [4.69, 9.17) is 4.42 Å². The molecule has 0 fully saturated rings. The lowest BCUT2D eigenvalue weighted by molar-refractivity contribution is 0.232. The Hall–Kier alpha value is -0.760. The Labute approximate surface area is 99.4 Å². The van der Waals surface area contributed by atoms with Crippen LogP contribution in [0.1, 0.15) is 46.6 Å². The van der Waals surface area contributed by atoms with E-state index in [0.29, 0.717) is 11.5 Å². The zero-order chi connectivity index (χ0) is 12.2. The summed E-state index contributed by atoms with van der Waals surface area (Å²) in [5.74, 6) is 0.723. The molecule has 16 heavy (non-hydrogen) atoms. The third-order valence-electron chi connectivity index (χ3n) is 2.89. The van der Waals surface area contributed by atoms with Crippen LogP contribution < -0.4 is 5.32 Å². The zero-order valence-corrected chi connectivity index (χ0v) is 11.2. The molecule has 2 heteroatoms. The van der Waals surface area contributed by atoms with Crippen molar-refractivity contribution in [3.63, 3.8) is 0 Å². The van der Waals surface area contributed by atoms with Gasteiger partial charge in [-0.2, -0.15) is 0 Å². The van der Waals surface area contributed by atoms with Crippen molar-refractivity contribution in [3.05, 3.63) is 24.2 Å². The Balaban J connectivity index is 2.50. The van der Waals surface area contributed by atoms with Crippen molar-refractivity contribution < 1.29 is 4.42 Å². The standard InChI is InChI=1S/C14H25NO/c1-11(2)8-13(14(3,4)5)15-9-12-6-7-16-10-12/h6-7,10-11,13,15H,8-9H2,1-5H3. The average Bonchev–Trinajstić information content (AvgIpc) is 2.62. The first-order valence-electron chi connectivity index (χ1n) is 6.14. The third-order valence-corrected chi connectivity index (χ3v) is 2.89. The van der Waals surface area contributed by atoms with Crippen molar-refractivity contribution in [1.82, 2.24) is 5.32 Å². The highest BCUT2D eigenvalue weighted by molar-refractivity contribution is 5.05. The number of rotatable bonds is 5. The van der Waals surface area contributed by atoms with Crippen LogP contribution in [0.4, 0.5) is 0 Å². The minimum atomic E-state index is 0.300. The number of hydrogen-bond acceptors (Lipinski definition) is 2. The second-order valence-corrected chi connectivity index (χ2v) is 6.06. The highest BCUT2D eigenvalue weighted by Crippen LogP contribution is 2.25. The molecule has 0 amide bonds. The monoisotopic (exact) mass is 223 g/mol. The fourth-order valence-electron chi connectivity index (χ4n) is 1.85. The maximum atomic E-state index is 5.07. The normalized spacial score (nSPS) is 14.4. The van der Waals surface area contributed by atoms with Crippen LogP contribution in [0.3, 0.4) is 0 Å². The predicted molar refractivity (Wildman–Crippen MR) is 68.2 cm³/mol. The molecule has 1 N–H and O–H groups in total. The van der Waals surface area contributed by atoms with Gasteiger partial charge in [0.15, 0.2) is 0 Å². The smallest absolute Gasteiger partial charge is 0.0947 e. The van der Waals surface area contributed by atoms with Gasteiger partial charge in [-0.3, -0.25) is 0 Å². The molecule has 0 aromatic carbocycles. The zero-order valence-electron chi connectivity index (χ0n) is 11.2. The Morgan fingerprint density at radius 2 is 2.00 bits per heavy atom. The third kappa shape index (κ3) is 4.40. The Kier molecular flexibility index (Phi) is 4.60. The summed E-state index contributed by atoms with van der Waals surface area (Å²) in [6.45, 7) is 12.3. The van der Waals surface area contributed by atoms with Crippen molar-refractivity contribution >= 4 is 0 Å². The summed E-state index contributed by atoms with van der Waals surface area (Å²) in [6, 6.07) is 2.56. The van der Waals surface area contributed by atoms with Crippen molar-refractivity contribution in [1.29, 1.82) is 0 Å². The molecule has 0 aliphatic rings. The van der Waals surface area contributed by atoms with Gasteiger partial charge in [0.2, 0.25) is 0 Å². The Morgan fingerprint density at radius 1 is 1.31 bits per heavy atom. The quantitative estimate of drug-likeness (QED) is 0.820. The van der Waals surface area contributed by atoms with Gasteiger partial charge >= 0.3 is 0 Å². The summed E-state index contributed by atoms with van der Waals surface area (Å²) < 4.78 is 5.07. The summed E-state index contributed by atoms with van der Waals surface area (Å²) in [5, 5.41) is 3.63. The molecule has 0 radical (unpaired) electrons. The molecule has 2 nitrogen and oxygen atoms in total. The van der Waals surface area contributed by atoms with E-state index < -0.39 is 0 Å². The Morgan fingerprint density at radius 3 is 2.44 bits per heavy atom. The summed E-state index contributed by atoms with van der Waals surface area (Å²) in [7, 11) is 0. The molecule has 1 atom stereocenters. The van der Waals surface area contributed by atoms with Crippen LogP contribution in [-0.4, -0.2) is 6.04 Å². The van der Waals surface area contributed by atoms with E-state index in [0.717, 1.165) is 12.5 Å². The molecule has 0 bridgehead atoms. The molecular weight excluding hydrogens is 198 g/mol. The van der Waals surface area contributed by atoms with Gasteiger partial charge in [-0.05, 0) is 23.8 Å². The lowest BCUT2D eigenvalue weighted by atomic mass is 9.82. The minimum Gasteiger partial charge on any atom is -0.472 e. The number of hydrogen-bond donors (Lipinski definition) is 1. The van der Waals surface area contributed by atoms with Crippen LogP contribution in [0.2, 0.25) is 0 Å². The van der Waals surface area contributed by atoms with E-state index in [2.05, 4.69) is 39.9 Å². The Bertz CT molecular complexity index is 282. The molecule has 0 aliphatic heterocycles. The lowest BCUT2D eigenvalue weighted by Crippen LogP contribution is -2.40. The maximum Gasteiger partial charge on any atom is 0.0947 e. The first kappa shape index (κ1) is 13.3. The first-order valence-corrected chi connectivity index (χ1v) is 6.14. The highest BCUT2D eigenvalue weighted by Gasteiger charge is 2.24. The van der Waals surface area contributed by atoms with E-state index in [1.165, 1.54) is 12.0 Å². The first-order chi connectivity index (χ1) is 7.39. The predicted octanol–water partition coefficient (Wildman–Crippen LogP) is 3.83. The van der Waals surface area contributed by atoms with Crippen LogP contribution >= 0.6 is 0 Å². The van der Waals surface area contributed by atoms with Gasteiger partial charge < -0.3 is 9.73 Å². The van der Waals surface area contributed by atoms with Crippen LogP contribution in [0.15, 0.2) is 23.0 Å². The van der Waals surface area contributed by atoms with Crippen LogP contribution in [0, 0.1) is 11.3 Å². The van der Waals surface area contributed by atoms with Crippen molar-refractivity contribution in [2.75, 3.05) is 0 Å². The maximum absolute atomic E-state index is 5.07. The molecule has 1 aromatic rings. The van der Waals surface area contributed by atoms with Gasteiger partial charge in [0.1, 0.15) is 0 Å². The second kappa shape index (κ2) is 5.53. The van der Waals surface area contributed by atoms with Crippen molar-refractivity contribution in [3.8, 4) is 0 Å². The summed E-state index contributed by atoms with van der Waals surface area (Å²) >= 11 is 0. The van der Waals surface area contributed by atoms with Gasteiger partial charge in [-0.15, -0.1) is 0 Å². The molecule has 0 saturated carbocycles. The fraction of sp³-hybridized carbons (Fsp3) is 0.714. The van der Waals surface area contributed by atoms with Crippen LogP contribution in [-0.2, 0) is 6.54 Å². The van der Waals surface area contributed by atoms with Gasteiger partial charge in [0.05, 0.1) is 12.5 Å².